The number of amides is 2. The first kappa shape index (κ1) is 28.9. The highest BCUT2D eigenvalue weighted by molar-refractivity contribution is 5.90. The second-order valence-corrected chi connectivity index (χ2v) is 10.7. The molecular weight excluding hydrogens is 515 g/mol. The zero-order valence-corrected chi connectivity index (χ0v) is 22.9. The summed E-state index contributed by atoms with van der Waals surface area (Å²) in [5.74, 6) is 0.0162. The van der Waals surface area contributed by atoms with Gasteiger partial charge in [0.1, 0.15) is 28.8 Å². The fraction of sp³-hybridized carbons (Fsp3) is 0.355. The van der Waals surface area contributed by atoms with Crippen LogP contribution < -0.4 is 14.8 Å². The van der Waals surface area contributed by atoms with Gasteiger partial charge < -0.3 is 29.9 Å². The number of halogens is 1. The van der Waals surface area contributed by atoms with Crippen molar-refractivity contribution in [1.29, 1.82) is 0 Å². The minimum atomic E-state index is -0.919. The van der Waals surface area contributed by atoms with Gasteiger partial charge in [0.2, 0.25) is 0 Å². The molecular formula is C31H35FN2O6. The maximum absolute atomic E-state index is 13.4. The summed E-state index contributed by atoms with van der Waals surface area (Å²) in [7, 11) is 0. The number of carbonyl (C=O) groups excluding carboxylic acids is 1. The average Bonchev–Trinajstić information content (AvgIpc) is 2.89. The van der Waals surface area contributed by atoms with Crippen molar-refractivity contribution in [3.63, 3.8) is 0 Å². The fourth-order valence-electron chi connectivity index (χ4n) is 4.80. The smallest absolute Gasteiger partial charge is 0.321 e. The van der Waals surface area contributed by atoms with Crippen LogP contribution in [0.25, 0.3) is 0 Å². The highest BCUT2D eigenvalue weighted by Crippen LogP contribution is 2.34. The van der Waals surface area contributed by atoms with E-state index < -0.39 is 17.5 Å². The monoisotopic (exact) mass is 550 g/mol. The van der Waals surface area contributed by atoms with Crippen LogP contribution in [0.15, 0.2) is 66.7 Å². The molecule has 0 bridgehead atoms. The average molecular weight is 551 g/mol. The molecule has 3 aromatic rings. The Hall–Kier alpha value is -4.11. The van der Waals surface area contributed by atoms with Crippen LogP contribution in [0.2, 0.25) is 0 Å². The number of rotatable bonds is 9. The summed E-state index contributed by atoms with van der Waals surface area (Å²) in [6.45, 7) is 6.62. The lowest BCUT2D eigenvalue weighted by Gasteiger charge is -2.39. The van der Waals surface area contributed by atoms with E-state index in [1.807, 2.05) is 0 Å². The second kappa shape index (κ2) is 12.4. The number of hydrogen-bond acceptors (Lipinski definition) is 5. The van der Waals surface area contributed by atoms with E-state index in [-0.39, 0.29) is 11.8 Å². The Bertz CT molecular complexity index is 1320. The zero-order chi connectivity index (χ0) is 28.9. The number of ether oxygens (including phenoxy) is 2. The number of aliphatic hydroxyl groups is 1. The lowest BCUT2D eigenvalue weighted by molar-refractivity contribution is -0.138. The SMILES string of the molecule is CC(C)CC1(O)CCN(C(=O)Nc2cc(Oc3ccc(F)cc3)cc(Oc3ccc(C(C)C(=O)O)cc3)c2)CC1. The zero-order valence-electron chi connectivity index (χ0n) is 22.9. The van der Waals surface area contributed by atoms with E-state index in [0.717, 1.165) is 0 Å². The van der Waals surface area contributed by atoms with Crippen molar-refractivity contribution in [2.45, 2.75) is 51.6 Å². The van der Waals surface area contributed by atoms with Gasteiger partial charge in [-0.3, -0.25) is 4.79 Å². The molecule has 0 saturated carbocycles. The Kier molecular flexibility index (Phi) is 8.94. The first-order chi connectivity index (χ1) is 19.0. The number of piperidine rings is 1. The Labute approximate surface area is 233 Å². The number of aliphatic carboxylic acids is 1. The molecule has 1 unspecified atom stereocenters. The van der Waals surface area contributed by atoms with E-state index in [4.69, 9.17) is 9.47 Å². The molecule has 0 radical (unpaired) electrons. The first-order valence-corrected chi connectivity index (χ1v) is 13.4. The Morgan fingerprint density at radius 2 is 1.43 bits per heavy atom. The van der Waals surface area contributed by atoms with Crippen molar-refractivity contribution in [3.8, 4) is 23.0 Å². The Morgan fingerprint density at radius 3 is 1.93 bits per heavy atom. The van der Waals surface area contributed by atoms with E-state index in [9.17, 15) is 24.2 Å². The number of likely N-dealkylation sites (tertiary alicyclic amines) is 1. The highest BCUT2D eigenvalue weighted by atomic mass is 19.1. The normalized spacial score (nSPS) is 15.4. The molecule has 3 N–H and O–H groups in total. The number of nitrogens with one attached hydrogen (secondary N) is 1. The summed E-state index contributed by atoms with van der Waals surface area (Å²) in [4.78, 5) is 26.0. The fourth-order valence-corrected chi connectivity index (χ4v) is 4.80. The van der Waals surface area contributed by atoms with Crippen LogP contribution in [0.3, 0.4) is 0 Å². The van der Waals surface area contributed by atoms with Gasteiger partial charge in [-0.05, 0) is 74.1 Å². The van der Waals surface area contributed by atoms with Gasteiger partial charge in [0.25, 0.3) is 0 Å². The summed E-state index contributed by atoms with van der Waals surface area (Å²) in [5, 5.41) is 23.0. The number of urea groups is 1. The van der Waals surface area contributed by atoms with Gasteiger partial charge in [0, 0.05) is 37.0 Å². The first-order valence-electron chi connectivity index (χ1n) is 13.4. The van der Waals surface area contributed by atoms with Crippen molar-refractivity contribution in [2.75, 3.05) is 18.4 Å². The third-order valence-corrected chi connectivity index (χ3v) is 6.94. The minimum absolute atomic E-state index is 0.302. The molecule has 1 aliphatic heterocycles. The van der Waals surface area contributed by atoms with Crippen LogP contribution >= 0.6 is 0 Å². The molecule has 9 heteroatoms. The molecule has 0 aliphatic carbocycles. The van der Waals surface area contributed by atoms with Gasteiger partial charge in [-0.25, -0.2) is 9.18 Å². The third kappa shape index (κ3) is 7.72. The summed E-state index contributed by atoms with van der Waals surface area (Å²) in [5.41, 5.74) is 0.314. The molecule has 3 aromatic carbocycles. The van der Waals surface area contributed by atoms with E-state index >= 15 is 0 Å². The summed E-state index contributed by atoms with van der Waals surface area (Å²) in [6, 6.07) is 16.9. The second-order valence-electron chi connectivity index (χ2n) is 10.7. The molecule has 40 heavy (non-hydrogen) atoms. The summed E-state index contributed by atoms with van der Waals surface area (Å²) < 4.78 is 25.3. The van der Waals surface area contributed by atoms with Crippen molar-refractivity contribution < 1.29 is 33.7 Å². The van der Waals surface area contributed by atoms with E-state index in [1.165, 1.54) is 24.3 Å². The summed E-state index contributed by atoms with van der Waals surface area (Å²) in [6.07, 6.45) is 1.72. The molecule has 1 heterocycles. The van der Waals surface area contributed by atoms with Crippen molar-refractivity contribution in [3.05, 3.63) is 78.1 Å². The molecule has 2 amide bonds. The van der Waals surface area contributed by atoms with Crippen LogP contribution in [0, 0.1) is 11.7 Å². The number of benzene rings is 3. The Morgan fingerprint density at radius 1 is 0.900 bits per heavy atom. The predicted octanol–water partition coefficient (Wildman–Crippen LogP) is 7.00. The molecule has 1 fully saturated rings. The molecule has 1 saturated heterocycles. The molecule has 0 spiro atoms. The van der Waals surface area contributed by atoms with Crippen LogP contribution in [-0.2, 0) is 4.79 Å². The number of nitrogens with zero attached hydrogens (tertiary/aromatic N) is 1. The lowest BCUT2D eigenvalue weighted by atomic mass is 9.84. The highest BCUT2D eigenvalue weighted by Gasteiger charge is 2.34. The van der Waals surface area contributed by atoms with Gasteiger partial charge in [-0.15, -0.1) is 0 Å². The maximum atomic E-state index is 13.4. The largest absolute Gasteiger partial charge is 0.481 e. The molecule has 8 nitrogen and oxygen atoms in total. The van der Waals surface area contributed by atoms with Crippen LogP contribution in [0.5, 0.6) is 23.0 Å². The van der Waals surface area contributed by atoms with Gasteiger partial charge >= 0.3 is 12.0 Å². The topological polar surface area (TPSA) is 108 Å². The van der Waals surface area contributed by atoms with E-state index in [0.29, 0.717) is 72.5 Å². The number of carboxylic acids is 1. The maximum Gasteiger partial charge on any atom is 0.321 e. The van der Waals surface area contributed by atoms with Crippen molar-refractivity contribution in [1.82, 2.24) is 4.90 Å². The predicted molar refractivity (Wildman–Crippen MR) is 150 cm³/mol. The quantitative estimate of drug-likeness (QED) is 0.265. The van der Waals surface area contributed by atoms with Gasteiger partial charge in [0.05, 0.1) is 11.5 Å². The number of hydrogen-bond donors (Lipinski definition) is 3. The van der Waals surface area contributed by atoms with Gasteiger partial charge in [-0.1, -0.05) is 26.0 Å². The Balaban J connectivity index is 1.52. The number of carboxylic acid groups (broad SMARTS) is 1. The standard InChI is InChI=1S/C31H35FN2O6/c1-20(2)19-31(38)12-14-34(15-13-31)30(37)33-24-16-27(18-28(17-24)40-26-10-6-23(32)7-11-26)39-25-8-4-22(5-9-25)21(3)29(35)36/h4-11,16-18,20-21,38H,12-15,19H2,1-3H3,(H,33,37)(H,35,36). The molecule has 4 rings (SSSR count). The van der Waals surface area contributed by atoms with E-state index in [1.54, 1.807) is 54.3 Å². The van der Waals surface area contributed by atoms with E-state index in [2.05, 4.69) is 19.2 Å². The van der Waals surface area contributed by atoms with Crippen LogP contribution in [0.4, 0.5) is 14.9 Å². The minimum Gasteiger partial charge on any atom is -0.481 e. The number of carbonyl (C=O) groups is 2. The van der Waals surface area contributed by atoms with Crippen molar-refractivity contribution >= 4 is 17.7 Å². The lowest BCUT2D eigenvalue weighted by Crippen LogP contribution is -2.48. The molecule has 1 atom stereocenters. The molecule has 1 aliphatic rings. The summed E-state index contributed by atoms with van der Waals surface area (Å²) >= 11 is 0. The van der Waals surface area contributed by atoms with Gasteiger partial charge in [0.15, 0.2) is 0 Å². The molecule has 0 aromatic heterocycles. The van der Waals surface area contributed by atoms with Gasteiger partial charge in [-0.2, -0.15) is 0 Å². The molecule has 212 valence electrons. The van der Waals surface area contributed by atoms with Crippen LogP contribution in [0.1, 0.15) is 51.5 Å². The van der Waals surface area contributed by atoms with Crippen molar-refractivity contribution in [2.24, 2.45) is 5.92 Å². The number of anilines is 1. The van der Waals surface area contributed by atoms with Crippen LogP contribution in [-0.4, -0.2) is 45.8 Å². The third-order valence-electron chi connectivity index (χ3n) is 6.94.